The summed E-state index contributed by atoms with van der Waals surface area (Å²) in [6, 6.07) is 0. The zero-order valence-corrected chi connectivity index (χ0v) is 7.15. The maximum absolute atomic E-state index is 13.1. The molecule has 15 heavy (non-hydrogen) atoms. The minimum Gasteiger partial charge on any atom is -0.391 e. The Morgan fingerprint density at radius 1 is 1.60 bits per heavy atom. The first-order chi connectivity index (χ1) is 6.99. The summed E-state index contributed by atoms with van der Waals surface area (Å²) in [4.78, 5) is 12.2. The van der Waals surface area contributed by atoms with Gasteiger partial charge < -0.3 is 5.11 Å². The van der Waals surface area contributed by atoms with Crippen molar-refractivity contribution in [2.24, 2.45) is 0 Å². The van der Waals surface area contributed by atoms with Crippen LogP contribution in [0.15, 0.2) is 6.20 Å². The molecule has 0 atom stereocenters. The molecule has 1 aromatic rings. The van der Waals surface area contributed by atoms with Gasteiger partial charge in [0.1, 0.15) is 5.69 Å². The normalized spacial score (nSPS) is 10.7. The van der Waals surface area contributed by atoms with E-state index in [0.29, 0.717) is 6.20 Å². The van der Waals surface area contributed by atoms with Crippen LogP contribution in [0.2, 0.25) is 0 Å². The van der Waals surface area contributed by atoms with Crippen molar-refractivity contribution in [1.82, 2.24) is 4.98 Å². The molecular weight excluding hydrogens is 217 g/mol. The molecule has 8 heteroatoms. The van der Waals surface area contributed by atoms with Crippen LogP contribution in [0, 0.1) is 15.9 Å². The number of rotatable bonds is 3. The fourth-order valence-corrected chi connectivity index (χ4v) is 0.993. The van der Waals surface area contributed by atoms with E-state index in [1.54, 1.807) is 0 Å². The second kappa shape index (κ2) is 4.22. The largest absolute Gasteiger partial charge is 0.391 e. The molecule has 1 heterocycles. The summed E-state index contributed by atoms with van der Waals surface area (Å²) in [7, 11) is 0. The third kappa shape index (κ3) is 2.04. The van der Waals surface area contributed by atoms with Gasteiger partial charge in [0, 0.05) is 6.20 Å². The van der Waals surface area contributed by atoms with Gasteiger partial charge >= 0.3 is 5.69 Å². The van der Waals surface area contributed by atoms with Crippen LogP contribution < -0.4 is 0 Å². The highest BCUT2D eigenvalue weighted by molar-refractivity contribution is 5.41. The molecule has 0 spiro atoms. The number of halogens is 3. The van der Waals surface area contributed by atoms with Crippen molar-refractivity contribution < 1.29 is 23.2 Å². The average molecular weight is 222 g/mol. The Hall–Kier alpha value is -1.70. The monoisotopic (exact) mass is 222 g/mol. The number of aliphatic hydroxyl groups excluding tert-OH is 1. The SMILES string of the molecule is O=[N+]([O-])c1c(CO)cnc(C(F)F)c1F. The molecule has 0 aliphatic heterocycles. The van der Waals surface area contributed by atoms with E-state index in [4.69, 9.17) is 5.11 Å². The van der Waals surface area contributed by atoms with E-state index in [0.717, 1.165) is 0 Å². The predicted molar refractivity (Wildman–Crippen MR) is 41.7 cm³/mol. The summed E-state index contributed by atoms with van der Waals surface area (Å²) in [5.41, 5.74) is -2.90. The van der Waals surface area contributed by atoms with Crippen molar-refractivity contribution in [3.63, 3.8) is 0 Å². The number of pyridine rings is 1. The highest BCUT2D eigenvalue weighted by atomic mass is 19.3. The Labute approximate surface area is 81.3 Å². The van der Waals surface area contributed by atoms with Gasteiger partial charge in [-0.1, -0.05) is 0 Å². The highest BCUT2D eigenvalue weighted by Gasteiger charge is 2.28. The van der Waals surface area contributed by atoms with Crippen molar-refractivity contribution >= 4 is 5.69 Å². The highest BCUT2D eigenvalue weighted by Crippen LogP contribution is 2.29. The van der Waals surface area contributed by atoms with Gasteiger partial charge in [0.15, 0.2) is 0 Å². The molecule has 82 valence electrons. The third-order valence-corrected chi connectivity index (χ3v) is 1.66. The Bertz CT molecular complexity index is 397. The summed E-state index contributed by atoms with van der Waals surface area (Å²) in [5.74, 6) is -1.71. The van der Waals surface area contributed by atoms with Gasteiger partial charge in [-0.2, -0.15) is 4.39 Å². The van der Waals surface area contributed by atoms with Crippen LogP contribution in [0.25, 0.3) is 0 Å². The second-order valence-electron chi connectivity index (χ2n) is 2.55. The molecule has 1 rings (SSSR count). The summed E-state index contributed by atoms with van der Waals surface area (Å²) in [6.45, 7) is -0.844. The van der Waals surface area contributed by atoms with E-state index in [2.05, 4.69) is 4.98 Å². The number of alkyl halides is 2. The number of hydrogen-bond donors (Lipinski definition) is 1. The van der Waals surface area contributed by atoms with Crippen LogP contribution >= 0.6 is 0 Å². The van der Waals surface area contributed by atoms with Crippen LogP contribution in [-0.4, -0.2) is 15.0 Å². The van der Waals surface area contributed by atoms with Crippen molar-refractivity contribution in [2.75, 3.05) is 0 Å². The van der Waals surface area contributed by atoms with Gasteiger partial charge in [-0.3, -0.25) is 15.1 Å². The van der Waals surface area contributed by atoms with Gasteiger partial charge in [0.2, 0.25) is 5.82 Å². The van der Waals surface area contributed by atoms with Crippen LogP contribution in [0.1, 0.15) is 17.7 Å². The lowest BCUT2D eigenvalue weighted by Gasteiger charge is -2.04. The first-order valence-electron chi connectivity index (χ1n) is 3.69. The van der Waals surface area contributed by atoms with E-state index in [1.807, 2.05) is 0 Å². The first-order valence-corrected chi connectivity index (χ1v) is 3.69. The Morgan fingerprint density at radius 2 is 2.20 bits per heavy atom. The maximum atomic E-state index is 13.1. The fourth-order valence-electron chi connectivity index (χ4n) is 0.993. The van der Waals surface area contributed by atoms with E-state index >= 15 is 0 Å². The van der Waals surface area contributed by atoms with Crippen molar-refractivity contribution in [1.29, 1.82) is 0 Å². The van der Waals surface area contributed by atoms with Crippen molar-refractivity contribution in [3.05, 3.63) is 33.4 Å². The molecular formula is C7H5F3N2O3. The fraction of sp³-hybridized carbons (Fsp3) is 0.286. The number of nitro groups is 1. The molecule has 0 bridgehead atoms. The minimum absolute atomic E-state index is 0.443. The van der Waals surface area contributed by atoms with E-state index in [9.17, 15) is 23.3 Å². The molecule has 1 N–H and O–H groups in total. The lowest BCUT2D eigenvalue weighted by Crippen LogP contribution is -2.05. The molecule has 0 aliphatic carbocycles. The lowest BCUT2D eigenvalue weighted by atomic mass is 10.2. The molecule has 1 aromatic heterocycles. The molecule has 0 radical (unpaired) electrons. The number of aliphatic hydroxyl groups is 1. The molecule has 0 saturated heterocycles. The van der Waals surface area contributed by atoms with Crippen LogP contribution in [0.5, 0.6) is 0 Å². The lowest BCUT2D eigenvalue weighted by molar-refractivity contribution is -0.388. The third-order valence-electron chi connectivity index (χ3n) is 1.66. The minimum atomic E-state index is -3.24. The molecule has 0 fully saturated rings. The zero-order valence-electron chi connectivity index (χ0n) is 7.15. The molecule has 0 aromatic carbocycles. The van der Waals surface area contributed by atoms with Crippen molar-refractivity contribution in [3.8, 4) is 0 Å². The molecule has 0 amide bonds. The van der Waals surface area contributed by atoms with Crippen LogP contribution in [-0.2, 0) is 6.61 Å². The van der Waals surface area contributed by atoms with Crippen LogP contribution in [0.4, 0.5) is 18.9 Å². The van der Waals surface area contributed by atoms with E-state index in [-0.39, 0.29) is 0 Å². The summed E-state index contributed by atoms with van der Waals surface area (Å²) in [6.07, 6.45) is -2.58. The van der Waals surface area contributed by atoms with Gasteiger partial charge in [-0.15, -0.1) is 0 Å². The van der Waals surface area contributed by atoms with Gasteiger partial charge in [-0.25, -0.2) is 8.78 Å². The summed E-state index contributed by atoms with van der Waals surface area (Å²) in [5, 5.41) is 19.0. The Balaban J connectivity index is 3.42. The second-order valence-corrected chi connectivity index (χ2v) is 2.55. The van der Waals surface area contributed by atoms with Gasteiger partial charge in [-0.05, 0) is 0 Å². The van der Waals surface area contributed by atoms with Crippen LogP contribution in [0.3, 0.4) is 0 Å². The zero-order chi connectivity index (χ0) is 11.6. The Kier molecular flexibility index (Phi) is 3.20. The average Bonchev–Trinajstić information content (AvgIpc) is 2.15. The van der Waals surface area contributed by atoms with Gasteiger partial charge in [0.25, 0.3) is 6.43 Å². The van der Waals surface area contributed by atoms with Crippen molar-refractivity contribution in [2.45, 2.75) is 13.0 Å². The standard InChI is InChI=1S/C7H5F3N2O3/c8-4-5(7(9)10)11-1-3(2-13)6(4)12(14)15/h1,7,13H,2H2. The summed E-state index contributed by atoms with van der Waals surface area (Å²) >= 11 is 0. The Morgan fingerprint density at radius 3 is 2.60 bits per heavy atom. The quantitative estimate of drug-likeness (QED) is 0.621. The van der Waals surface area contributed by atoms with Gasteiger partial charge in [0.05, 0.1) is 17.1 Å². The first kappa shape index (κ1) is 11.4. The van der Waals surface area contributed by atoms with E-state index in [1.165, 1.54) is 0 Å². The molecule has 0 aliphatic rings. The maximum Gasteiger partial charge on any atom is 0.313 e. The molecule has 0 saturated carbocycles. The topological polar surface area (TPSA) is 76.3 Å². The summed E-state index contributed by atoms with van der Waals surface area (Å²) < 4.78 is 37.4. The number of aromatic nitrogens is 1. The predicted octanol–water partition coefficient (Wildman–Crippen LogP) is 1.56. The molecule has 5 nitrogen and oxygen atoms in total. The smallest absolute Gasteiger partial charge is 0.313 e. The number of nitrogens with zero attached hydrogens (tertiary/aromatic N) is 2. The number of hydrogen-bond acceptors (Lipinski definition) is 4. The molecule has 0 unspecified atom stereocenters. The van der Waals surface area contributed by atoms with E-state index < -0.39 is 40.7 Å².